The van der Waals surface area contributed by atoms with Crippen molar-refractivity contribution in [1.29, 1.82) is 0 Å². The molecule has 5 heterocycles. The number of nitrogens with one attached hydrogen (secondary N) is 1. The third-order valence-electron chi connectivity index (χ3n) is 6.65. The number of nitrogens with zero attached hydrogens (tertiary/aromatic N) is 4. The summed E-state index contributed by atoms with van der Waals surface area (Å²) in [5, 5.41) is 4.09. The monoisotopic (exact) mass is 507 g/mol. The molecule has 192 valence electrons. The van der Waals surface area contributed by atoms with E-state index in [1.807, 2.05) is 51.4 Å². The van der Waals surface area contributed by atoms with Gasteiger partial charge in [0.15, 0.2) is 12.0 Å². The minimum absolute atomic E-state index is 0.205. The van der Waals surface area contributed by atoms with Gasteiger partial charge in [-0.25, -0.2) is 14.8 Å². The number of ether oxygens (including phenoxy) is 4. The van der Waals surface area contributed by atoms with Crippen molar-refractivity contribution in [3.63, 3.8) is 0 Å². The Kier molecular flexibility index (Phi) is 6.46. The van der Waals surface area contributed by atoms with Crippen LogP contribution in [0.3, 0.4) is 0 Å². The maximum Gasteiger partial charge on any atom is 0.407 e. The highest BCUT2D eigenvalue weighted by atomic mass is 35.5. The summed E-state index contributed by atoms with van der Waals surface area (Å²) in [6, 6.07) is 2.10. The number of carbonyl (C=O) groups is 1. The second-order valence-electron chi connectivity index (χ2n) is 10.9. The predicted molar refractivity (Wildman–Crippen MR) is 129 cm³/mol. The van der Waals surface area contributed by atoms with E-state index in [9.17, 15) is 4.79 Å². The van der Waals surface area contributed by atoms with Gasteiger partial charge in [-0.2, -0.15) is 0 Å². The van der Waals surface area contributed by atoms with Gasteiger partial charge < -0.3 is 28.8 Å². The number of carbonyl (C=O) groups excluding carboxylic acids is 1. The van der Waals surface area contributed by atoms with Crippen LogP contribution in [0.5, 0.6) is 0 Å². The van der Waals surface area contributed by atoms with E-state index < -0.39 is 23.7 Å². The van der Waals surface area contributed by atoms with Crippen molar-refractivity contribution in [2.75, 3.05) is 19.6 Å². The average molecular weight is 508 g/mol. The van der Waals surface area contributed by atoms with Crippen LogP contribution < -0.4 is 5.32 Å². The van der Waals surface area contributed by atoms with E-state index in [-0.39, 0.29) is 24.4 Å². The molecule has 3 fully saturated rings. The molecule has 5 atom stereocenters. The molecule has 0 spiro atoms. The Morgan fingerprint density at radius 2 is 2.06 bits per heavy atom. The summed E-state index contributed by atoms with van der Waals surface area (Å²) in [6.45, 7) is 11.6. The molecule has 2 aromatic heterocycles. The fourth-order valence-corrected chi connectivity index (χ4v) is 5.48. The summed E-state index contributed by atoms with van der Waals surface area (Å²) in [4.78, 5) is 23.0. The Morgan fingerprint density at radius 1 is 1.29 bits per heavy atom. The molecular weight excluding hydrogens is 474 g/mol. The Hall–Kier alpha value is -1.98. The molecule has 0 radical (unpaired) electrons. The van der Waals surface area contributed by atoms with Gasteiger partial charge >= 0.3 is 6.09 Å². The average Bonchev–Trinajstić information content (AvgIpc) is 3.50. The van der Waals surface area contributed by atoms with Gasteiger partial charge in [0.05, 0.1) is 5.39 Å². The molecule has 0 saturated carbocycles. The predicted octanol–water partition coefficient (Wildman–Crippen LogP) is 3.49. The fraction of sp³-hybridized carbons (Fsp3) is 0.708. The summed E-state index contributed by atoms with van der Waals surface area (Å²) in [6.07, 6.45) is 3.90. The van der Waals surface area contributed by atoms with Gasteiger partial charge in [0, 0.05) is 25.3 Å². The van der Waals surface area contributed by atoms with Gasteiger partial charge in [0.2, 0.25) is 0 Å². The number of aromatic nitrogens is 3. The number of amides is 1. The number of alkyl carbamates (subject to hydrolysis) is 1. The molecule has 0 aromatic carbocycles. The second-order valence-corrected chi connectivity index (χ2v) is 11.3. The molecule has 1 amide bonds. The minimum atomic E-state index is -0.714. The topological polar surface area (TPSA) is 100.0 Å². The largest absolute Gasteiger partial charge is 0.444 e. The van der Waals surface area contributed by atoms with E-state index in [1.54, 1.807) is 0 Å². The zero-order valence-corrected chi connectivity index (χ0v) is 21.6. The number of hydrogen-bond acceptors (Lipinski definition) is 8. The summed E-state index contributed by atoms with van der Waals surface area (Å²) in [5.74, 6) is -0.714. The molecule has 3 aliphatic rings. The first kappa shape index (κ1) is 24.7. The summed E-state index contributed by atoms with van der Waals surface area (Å²) < 4.78 is 26.5. The maximum absolute atomic E-state index is 12.2. The summed E-state index contributed by atoms with van der Waals surface area (Å²) in [7, 11) is 0. The first-order valence-electron chi connectivity index (χ1n) is 12.2. The van der Waals surface area contributed by atoms with Crippen molar-refractivity contribution in [2.45, 2.75) is 89.4 Å². The molecule has 10 nitrogen and oxygen atoms in total. The molecule has 35 heavy (non-hydrogen) atoms. The molecule has 11 heteroatoms. The van der Waals surface area contributed by atoms with E-state index in [0.717, 1.165) is 24.8 Å². The minimum Gasteiger partial charge on any atom is -0.444 e. The third-order valence-corrected chi connectivity index (χ3v) is 6.96. The Morgan fingerprint density at radius 3 is 2.83 bits per heavy atom. The zero-order valence-electron chi connectivity index (χ0n) is 20.9. The number of hydrogen-bond donors (Lipinski definition) is 1. The van der Waals surface area contributed by atoms with Crippen molar-refractivity contribution in [1.82, 2.24) is 24.8 Å². The van der Waals surface area contributed by atoms with Crippen molar-refractivity contribution < 1.29 is 23.7 Å². The molecule has 3 aliphatic heterocycles. The van der Waals surface area contributed by atoms with Crippen LogP contribution in [-0.4, -0.2) is 80.9 Å². The van der Waals surface area contributed by atoms with Crippen molar-refractivity contribution in [2.24, 2.45) is 0 Å². The SMILES string of the molecule is CC(C)(C)OC(=O)NCC1CCCN1C[C@H]1O[C@@H](n2ccc3c(Cl)ncnc32)[C@@H]2OC(C)(C)O[C@@H]21. The molecule has 5 rings (SSSR count). The van der Waals surface area contributed by atoms with E-state index in [2.05, 4.69) is 20.2 Å². The van der Waals surface area contributed by atoms with Gasteiger partial charge in [0.25, 0.3) is 0 Å². The number of likely N-dealkylation sites (tertiary alicyclic amines) is 1. The van der Waals surface area contributed by atoms with Gasteiger partial charge in [-0.15, -0.1) is 0 Å². The molecule has 3 saturated heterocycles. The van der Waals surface area contributed by atoms with Crippen LogP contribution in [0, 0.1) is 0 Å². The number of halogens is 1. The van der Waals surface area contributed by atoms with Crippen LogP contribution in [0.4, 0.5) is 4.79 Å². The van der Waals surface area contributed by atoms with Gasteiger partial charge in [-0.05, 0) is 60.1 Å². The number of fused-ring (bicyclic) bond motifs is 2. The highest BCUT2D eigenvalue weighted by Crippen LogP contribution is 2.44. The Labute approximate surface area is 210 Å². The molecular formula is C24H34ClN5O5. The number of rotatable bonds is 5. The third kappa shape index (κ3) is 5.13. The lowest BCUT2D eigenvalue weighted by molar-refractivity contribution is -0.198. The van der Waals surface area contributed by atoms with Crippen LogP contribution in [-0.2, 0) is 18.9 Å². The van der Waals surface area contributed by atoms with Crippen LogP contribution in [0.15, 0.2) is 18.6 Å². The van der Waals surface area contributed by atoms with E-state index in [4.69, 9.17) is 30.5 Å². The van der Waals surface area contributed by atoms with Crippen LogP contribution in [0.25, 0.3) is 11.0 Å². The lowest BCUT2D eigenvalue weighted by atomic mass is 10.1. The lowest BCUT2D eigenvalue weighted by Crippen LogP contribution is -2.46. The normalized spacial score (nSPS) is 30.6. The lowest BCUT2D eigenvalue weighted by Gasteiger charge is -2.30. The zero-order chi connectivity index (χ0) is 25.0. The highest BCUT2D eigenvalue weighted by molar-refractivity contribution is 6.33. The Balaban J connectivity index is 1.30. The highest BCUT2D eigenvalue weighted by Gasteiger charge is 2.56. The standard InChI is InChI=1S/C24H34ClN5O5/c1-23(2,3)35-22(31)26-11-14-7-6-9-29(14)12-16-17-18(34-24(4,5)33-17)21(32-16)30-10-8-15-19(25)27-13-28-20(15)30/h8,10,13-14,16-18,21H,6-7,9,11-12H2,1-5H3,(H,26,31)/t14?,16-,17-,18-,21-/m1/s1. The van der Waals surface area contributed by atoms with Crippen LogP contribution in [0.1, 0.15) is 53.7 Å². The smallest absolute Gasteiger partial charge is 0.407 e. The quantitative estimate of drug-likeness (QED) is 0.614. The van der Waals surface area contributed by atoms with Gasteiger partial charge in [0.1, 0.15) is 41.0 Å². The molecule has 0 bridgehead atoms. The van der Waals surface area contributed by atoms with Crippen molar-refractivity contribution >= 4 is 28.7 Å². The summed E-state index contributed by atoms with van der Waals surface area (Å²) >= 11 is 6.27. The molecule has 2 aromatic rings. The van der Waals surface area contributed by atoms with E-state index in [0.29, 0.717) is 23.9 Å². The first-order valence-corrected chi connectivity index (χ1v) is 12.6. The fourth-order valence-electron chi connectivity index (χ4n) is 5.29. The molecule has 0 aliphatic carbocycles. The summed E-state index contributed by atoms with van der Waals surface area (Å²) in [5.41, 5.74) is 0.175. The second kappa shape index (κ2) is 9.15. The van der Waals surface area contributed by atoms with Gasteiger partial charge in [-0.1, -0.05) is 11.6 Å². The van der Waals surface area contributed by atoms with Crippen molar-refractivity contribution in [3.8, 4) is 0 Å². The molecule has 1 N–H and O–H groups in total. The van der Waals surface area contributed by atoms with Crippen molar-refractivity contribution in [3.05, 3.63) is 23.7 Å². The van der Waals surface area contributed by atoms with Crippen LogP contribution >= 0.6 is 11.6 Å². The van der Waals surface area contributed by atoms with Crippen LogP contribution in [0.2, 0.25) is 5.15 Å². The van der Waals surface area contributed by atoms with E-state index in [1.165, 1.54) is 6.33 Å². The van der Waals surface area contributed by atoms with Gasteiger partial charge in [-0.3, -0.25) is 4.90 Å². The first-order chi connectivity index (χ1) is 16.5. The van der Waals surface area contributed by atoms with E-state index >= 15 is 0 Å². The Bertz CT molecular complexity index is 1090. The molecule has 1 unspecified atom stereocenters. The maximum atomic E-state index is 12.2.